The zero-order valence-corrected chi connectivity index (χ0v) is 42.4. The lowest BCUT2D eigenvalue weighted by Gasteiger charge is -2.51. The topological polar surface area (TPSA) is 24.6 Å². The number of furan rings is 1. The number of hydrogen-bond acceptors (Lipinski definition) is 3. The number of para-hydroxylation sites is 2. The van der Waals surface area contributed by atoms with Gasteiger partial charge >= 0.3 is 0 Å². The maximum atomic E-state index is 6.95. The summed E-state index contributed by atoms with van der Waals surface area (Å²) >= 11 is 0. The van der Waals surface area contributed by atoms with Crippen molar-refractivity contribution in [3.05, 3.63) is 162 Å². The third kappa shape index (κ3) is 5.83. The van der Waals surface area contributed by atoms with E-state index in [1.165, 1.54) is 114 Å². The van der Waals surface area contributed by atoms with E-state index in [0.717, 1.165) is 28.5 Å². The van der Waals surface area contributed by atoms with Crippen molar-refractivity contribution in [1.29, 1.82) is 0 Å². The predicted octanol–water partition coefficient (Wildman–Crippen LogP) is 15.4. The molecule has 5 heteroatoms. The van der Waals surface area contributed by atoms with Crippen molar-refractivity contribution in [3.8, 4) is 16.8 Å². The van der Waals surface area contributed by atoms with Crippen LogP contribution in [-0.4, -0.2) is 16.8 Å². The minimum atomic E-state index is -0.152. The predicted molar refractivity (Wildman–Crippen MR) is 294 cm³/mol. The molecule has 13 rings (SSSR count). The molecule has 1 saturated carbocycles. The molecule has 1 fully saturated rings. The molecule has 9 aromatic rings. The van der Waals surface area contributed by atoms with Crippen LogP contribution in [-0.2, 0) is 21.7 Å². The van der Waals surface area contributed by atoms with Gasteiger partial charge in [0.15, 0.2) is 5.58 Å². The molecule has 0 spiro atoms. The van der Waals surface area contributed by atoms with E-state index >= 15 is 0 Å². The summed E-state index contributed by atoms with van der Waals surface area (Å²) in [5.74, 6) is 0. The fourth-order valence-electron chi connectivity index (χ4n) is 13.4. The van der Waals surface area contributed by atoms with Crippen molar-refractivity contribution in [2.75, 3.05) is 9.80 Å². The first-order chi connectivity index (χ1) is 32.9. The second kappa shape index (κ2) is 14.1. The Balaban J connectivity index is 1.20. The fourth-order valence-corrected chi connectivity index (χ4v) is 13.4. The maximum Gasteiger partial charge on any atom is 0.252 e. The van der Waals surface area contributed by atoms with Crippen LogP contribution >= 0.6 is 0 Å². The van der Waals surface area contributed by atoms with Gasteiger partial charge in [-0.3, -0.25) is 0 Å². The minimum absolute atomic E-state index is 0.00412. The Kier molecular flexibility index (Phi) is 8.70. The van der Waals surface area contributed by atoms with Gasteiger partial charge in [-0.2, -0.15) is 0 Å². The lowest BCUT2D eigenvalue weighted by Crippen LogP contribution is -2.60. The zero-order chi connectivity index (χ0) is 47.7. The summed E-state index contributed by atoms with van der Waals surface area (Å²) in [4.78, 5) is 5.49. The van der Waals surface area contributed by atoms with Gasteiger partial charge in [0.1, 0.15) is 11.1 Å². The van der Waals surface area contributed by atoms with Gasteiger partial charge in [0.25, 0.3) is 6.71 Å². The van der Waals surface area contributed by atoms with E-state index in [2.05, 4.69) is 230 Å². The first kappa shape index (κ1) is 42.6. The smallest absolute Gasteiger partial charge is 0.252 e. The van der Waals surface area contributed by atoms with Crippen LogP contribution in [0.4, 0.5) is 28.4 Å². The van der Waals surface area contributed by atoms with E-state index in [4.69, 9.17) is 4.42 Å². The van der Waals surface area contributed by atoms with E-state index in [9.17, 15) is 0 Å². The van der Waals surface area contributed by atoms with Gasteiger partial charge in [0.2, 0.25) is 0 Å². The Morgan fingerprint density at radius 2 is 1.16 bits per heavy atom. The SMILES string of the molecule is CC(C)(C)c1ccc(N2c3cc(C(C)(C)C)ccc3B3c4c2cc(N2c5ccc(C(C)(C)C)cc5C5(C)CCCCC25C)cc4-n2c4c3cccc4c3oc4ccccc4c32)c(-c2ccccc2)c1. The lowest BCUT2D eigenvalue weighted by atomic mass is 9.33. The summed E-state index contributed by atoms with van der Waals surface area (Å²) in [6.07, 6.45) is 4.75. The number of aromatic nitrogens is 1. The molecule has 2 atom stereocenters. The average molecular weight is 902 g/mol. The van der Waals surface area contributed by atoms with Gasteiger partial charge in [-0.25, -0.2) is 0 Å². The molecule has 0 N–H and O–H groups in total. The molecule has 344 valence electrons. The van der Waals surface area contributed by atoms with Gasteiger partial charge in [0, 0.05) is 50.2 Å². The van der Waals surface area contributed by atoms with Crippen molar-refractivity contribution < 1.29 is 4.42 Å². The average Bonchev–Trinajstić information content (AvgIpc) is 3.92. The summed E-state index contributed by atoms with van der Waals surface area (Å²) < 4.78 is 9.56. The van der Waals surface area contributed by atoms with Crippen molar-refractivity contribution in [1.82, 2.24) is 4.57 Å². The Morgan fingerprint density at radius 3 is 1.91 bits per heavy atom. The van der Waals surface area contributed by atoms with Crippen LogP contribution in [0.1, 0.15) is 124 Å². The number of anilines is 5. The van der Waals surface area contributed by atoms with Gasteiger partial charge in [-0.15, -0.1) is 0 Å². The Bertz CT molecular complexity index is 3630. The molecule has 5 heterocycles. The van der Waals surface area contributed by atoms with Crippen LogP contribution in [0.3, 0.4) is 0 Å². The fraction of sp³-hybridized carbons (Fsp3) is 0.312. The molecule has 0 amide bonds. The second-order valence-corrected chi connectivity index (χ2v) is 24.5. The molecule has 0 saturated heterocycles. The van der Waals surface area contributed by atoms with Gasteiger partial charge in [0.05, 0.1) is 16.7 Å². The highest BCUT2D eigenvalue weighted by Gasteiger charge is 2.58. The Hall–Kier alpha value is -6.46. The first-order valence-corrected chi connectivity index (χ1v) is 25.6. The van der Waals surface area contributed by atoms with Crippen LogP contribution in [0.15, 0.2) is 144 Å². The van der Waals surface area contributed by atoms with Crippen molar-refractivity contribution >= 4 is 84.5 Å². The summed E-state index contributed by atoms with van der Waals surface area (Å²) in [5.41, 5.74) is 23.6. The zero-order valence-electron chi connectivity index (χ0n) is 42.4. The van der Waals surface area contributed by atoms with Crippen LogP contribution in [0.5, 0.6) is 0 Å². The molecule has 3 aliphatic heterocycles. The summed E-state index contributed by atoms with van der Waals surface area (Å²) in [7, 11) is 0. The quantitative estimate of drug-likeness (QED) is 0.165. The lowest BCUT2D eigenvalue weighted by molar-refractivity contribution is 0.195. The van der Waals surface area contributed by atoms with Gasteiger partial charge in [-0.1, -0.05) is 167 Å². The number of fused-ring (bicyclic) bond motifs is 12. The largest absolute Gasteiger partial charge is 0.454 e. The van der Waals surface area contributed by atoms with E-state index in [1.807, 2.05) is 0 Å². The molecule has 4 aliphatic rings. The molecule has 0 bridgehead atoms. The summed E-state index contributed by atoms with van der Waals surface area (Å²) in [6.45, 7) is 26.3. The van der Waals surface area contributed by atoms with E-state index in [0.29, 0.717) is 0 Å². The van der Waals surface area contributed by atoms with Crippen LogP contribution in [0, 0.1) is 0 Å². The minimum Gasteiger partial charge on any atom is -0.454 e. The van der Waals surface area contributed by atoms with E-state index in [1.54, 1.807) is 0 Å². The van der Waals surface area contributed by atoms with Gasteiger partial charge < -0.3 is 18.8 Å². The third-order valence-corrected chi connectivity index (χ3v) is 17.4. The normalized spacial score (nSPS) is 19.6. The number of rotatable bonds is 3. The monoisotopic (exact) mass is 902 g/mol. The van der Waals surface area contributed by atoms with Crippen molar-refractivity contribution in [2.24, 2.45) is 0 Å². The number of benzene rings is 7. The highest BCUT2D eigenvalue weighted by atomic mass is 16.3. The second-order valence-electron chi connectivity index (χ2n) is 24.5. The molecule has 7 aromatic carbocycles. The molecule has 69 heavy (non-hydrogen) atoms. The highest BCUT2D eigenvalue weighted by Crippen LogP contribution is 2.62. The molecular formula is C64H64BN3O. The molecule has 0 radical (unpaired) electrons. The third-order valence-electron chi connectivity index (χ3n) is 17.4. The maximum absolute atomic E-state index is 6.95. The molecule has 4 nitrogen and oxygen atoms in total. The van der Waals surface area contributed by atoms with Crippen molar-refractivity contribution in [3.63, 3.8) is 0 Å². The number of nitrogens with zero attached hydrogens (tertiary/aromatic N) is 3. The van der Waals surface area contributed by atoms with Crippen LogP contribution in [0.25, 0.3) is 49.8 Å². The number of hydrogen-bond donors (Lipinski definition) is 0. The van der Waals surface area contributed by atoms with E-state index < -0.39 is 0 Å². The van der Waals surface area contributed by atoms with Gasteiger partial charge in [-0.05, 0) is 135 Å². The van der Waals surface area contributed by atoms with Crippen molar-refractivity contribution in [2.45, 2.75) is 129 Å². The Labute approximate surface area is 409 Å². The summed E-state index contributed by atoms with van der Waals surface area (Å²) in [5, 5.41) is 2.32. The molecule has 1 aliphatic carbocycles. The molecule has 2 unspecified atom stereocenters. The van der Waals surface area contributed by atoms with Crippen LogP contribution < -0.4 is 26.2 Å². The van der Waals surface area contributed by atoms with Crippen LogP contribution in [0.2, 0.25) is 0 Å². The standard InChI is InChI=1S/C64H64BN3O/c1-60(2,3)40-27-30-50(46(34-40)39-20-13-12-14-21-39)66-52-36-42(62(7,8)9)26-29-48(52)65-49-24-19-23-45-57(49)67(58-44-22-15-16-25-55(44)69-59(45)58)54-38-43(37-53(66)56(54)65)68-51-31-28-41(61(4,5)6)35-47(51)63(10)32-17-18-33-64(63,68)11/h12-16,19-31,34-38H,17-18,32-33H2,1-11H3. The molecular weight excluding hydrogens is 838 g/mol. The molecule has 2 aromatic heterocycles. The van der Waals surface area contributed by atoms with E-state index in [-0.39, 0.29) is 33.9 Å². The summed E-state index contributed by atoms with van der Waals surface area (Å²) in [6, 6.07) is 54.1. The highest BCUT2D eigenvalue weighted by molar-refractivity contribution is 7.00. The first-order valence-electron chi connectivity index (χ1n) is 25.6. The Morgan fingerprint density at radius 1 is 0.522 bits per heavy atom.